The number of nitrogens with zero attached hydrogens (tertiary/aromatic N) is 3. The summed E-state index contributed by atoms with van der Waals surface area (Å²) in [6, 6.07) is 6.20. The lowest BCUT2D eigenvalue weighted by Gasteiger charge is -2.10. The molecule has 1 heterocycles. The molecule has 0 aliphatic carbocycles. The molecule has 1 aromatic heterocycles. The predicted octanol–water partition coefficient (Wildman–Crippen LogP) is 2.28. The smallest absolute Gasteiger partial charge is 0.230 e. The van der Waals surface area contributed by atoms with Gasteiger partial charge in [0.1, 0.15) is 6.33 Å². The number of hydrogen-bond donors (Lipinski definition) is 1. The van der Waals surface area contributed by atoms with E-state index in [0.29, 0.717) is 17.5 Å². The first-order valence-electron chi connectivity index (χ1n) is 6.60. The van der Waals surface area contributed by atoms with Crippen LogP contribution in [0.1, 0.15) is 11.1 Å². The van der Waals surface area contributed by atoms with Crippen LogP contribution in [0.25, 0.3) is 5.69 Å². The molecule has 2 aromatic rings. The van der Waals surface area contributed by atoms with Gasteiger partial charge in [0.15, 0.2) is 5.16 Å². The van der Waals surface area contributed by atoms with Gasteiger partial charge in [-0.2, -0.15) is 0 Å². The number of carbonyl (C=O) groups is 1. The predicted molar refractivity (Wildman–Crippen MR) is 84.8 cm³/mol. The van der Waals surface area contributed by atoms with E-state index in [0.717, 1.165) is 11.3 Å². The Bertz CT molecular complexity index is 651. The molecule has 2 rings (SSSR count). The quantitative estimate of drug-likeness (QED) is 0.657. The van der Waals surface area contributed by atoms with Gasteiger partial charge in [-0.1, -0.05) is 35.5 Å². The molecule has 0 radical (unpaired) electrons. The second kappa shape index (κ2) is 7.08. The standard InChI is InChI=1S/C15H18N4OS/c1-4-7-16-14(20)9-21-15-18-17-10-19(15)13-6-5-11(2)8-12(13)3/h4-6,8,10H,1,7,9H2,2-3H3,(H,16,20). The number of hydrogen-bond acceptors (Lipinski definition) is 4. The number of nitrogens with one attached hydrogen (secondary N) is 1. The number of thioether (sulfide) groups is 1. The number of benzene rings is 1. The van der Waals surface area contributed by atoms with E-state index in [-0.39, 0.29) is 5.91 Å². The lowest BCUT2D eigenvalue weighted by molar-refractivity contribution is -0.118. The summed E-state index contributed by atoms with van der Waals surface area (Å²) in [5, 5.41) is 11.5. The zero-order chi connectivity index (χ0) is 15.2. The maximum atomic E-state index is 11.6. The Morgan fingerprint density at radius 1 is 1.48 bits per heavy atom. The van der Waals surface area contributed by atoms with Crippen molar-refractivity contribution in [3.05, 3.63) is 48.3 Å². The molecular weight excluding hydrogens is 284 g/mol. The number of aromatic nitrogens is 3. The zero-order valence-electron chi connectivity index (χ0n) is 12.2. The molecule has 0 bridgehead atoms. The Kier molecular flexibility index (Phi) is 5.16. The van der Waals surface area contributed by atoms with Crippen molar-refractivity contribution in [3.63, 3.8) is 0 Å². The second-order valence-electron chi connectivity index (χ2n) is 4.65. The molecule has 1 aromatic carbocycles. The lowest BCUT2D eigenvalue weighted by atomic mass is 10.1. The fraction of sp³-hybridized carbons (Fsp3) is 0.267. The molecule has 0 aliphatic heterocycles. The summed E-state index contributed by atoms with van der Waals surface area (Å²) < 4.78 is 1.90. The third-order valence-corrected chi connectivity index (χ3v) is 3.85. The summed E-state index contributed by atoms with van der Waals surface area (Å²) >= 11 is 1.36. The van der Waals surface area contributed by atoms with Crippen LogP contribution in [-0.2, 0) is 4.79 Å². The van der Waals surface area contributed by atoms with Gasteiger partial charge in [0.25, 0.3) is 0 Å². The molecular formula is C15H18N4OS. The van der Waals surface area contributed by atoms with Crippen molar-refractivity contribution in [2.75, 3.05) is 12.3 Å². The van der Waals surface area contributed by atoms with Gasteiger partial charge in [0.2, 0.25) is 5.91 Å². The molecule has 0 atom stereocenters. The summed E-state index contributed by atoms with van der Waals surface area (Å²) in [6.07, 6.45) is 3.32. The van der Waals surface area contributed by atoms with Crippen LogP contribution in [0.2, 0.25) is 0 Å². The van der Waals surface area contributed by atoms with Gasteiger partial charge >= 0.3 is 0 Å². The minimum atomic E-state index is -0.0462. The molecule has 0 saturated heterocycles. The number of rotatable bonds is 6. The van der Waals surface area contributed by atoms with Gasteiger partial charge in [-0.25, -0.2) is 0 Å². The lowest BCUT2D eigenvalue weighted by Crippen LogP contribution is -2.25. The molecule has 1 amide bonds. The van der Waals surface area contributed by atoms with Crippen LogP contribution in [0.3, 0.4) is 0 Å². The molecule has 1 N–H and O–H groups in total. The highest BCUT2D eigenvalue weighted by Gasteiger charge is 2.11. The minimum Gasteiger partial charge on any atom is -0.352 e. The van der Waals surface area contributed by atoms with E-state index in [9.17, 15) is 4.79 Å². The maximum Gasteiger partial charge on any atom is 0.230 e. The molecule has 5 nitrogen and oxygen atoms in total. The monoisotopic (exact) mass is 302 g/mol. The van der Waals surface area contributed by atoms with Gasteiger partial charge in [-0.15, -0.1) is 16.8 Å². The Hall–Kier alpha value is -2.08. The largest absolute Gasteiger partial charge is 0.352 e. The van der Waals surface area contributed by atoms with Crippen molar-refractivity contribution in [2.45, 2.75) is 19.0 Å². The maximum absolute atomic E-state index is 11.6. The van der Waals surface area contributed by atoms with E-state index in [1.807, 2.05) is 23.6 Å². The summed E-state index contributed by atoms with van der Waals surface area (Å²) in [5.74, 6) is 0.257. The molecule has 110 valence electrons. The van der Waals surface area contributed by atoms with Crippen LogP contribution in [0, 0.1) is 13.8 Å². The topological polar surface area (TPSA) is 59.8 Å². The highest BCUT2D eigenvalue weighted by atomic mass is 32.2. The Morgan fingerprint density at radius 3 is 3.00 bits per heavy atom. The third-order valence-electron chi connectivity index (χ3n) is 2.90. The van der Waals surface area contributed by atoms with Crippen LogP contribution >= 0.6 is 11.8 Å². The van der Waals surface area contributed by atoms with Crippen LogP contribution < -0.4 is 5.32 Å². The SMILES string of the molecule is C=CCNC(=O)CSc1nncn1-c1ccc(C)cc1C. The minimum absolute atomic E-state index is 0.0462. The first kappa shape index (κ1) is 15.3. The summed E-state index contributed by atoms with van der Waals surface area (Å²) in [7, 11) is 0. The van der Waals surface area contributed by atoms with Crippen molar-refractivity contribution >= 4 is 17.7 Å². The van der Waals surface area contributed by atoms with Gasteiger partial charge in [0.05, 0.1) is 11.4 Å². The molecule has 0 aliphatic rings. The highest BCUT2D eigenvalue weighted by molar-refractivity contribution is 7.99. The third kappa shape index (κ3) is 3.95. The van der Waals surface area contributed by atoms with E-state index in [1.165, 1.54) is 17.3 Å². The molecule has 21 heavy (non-hydrogen) atoms. The number of amides is 1. The summed E-state index contributed by atoms with van der Waals surface area (Å²) in [4.78, 5) is 11.6. The fourth-order valence-corrected chi connectivity index (χ4v) is 2.68. The summed E-state index contributed by atoms with van der Waals surface area (Å²) in [5.41, 5.74) is 3.38. The van der Waals surface area contributed by atoms with Gasteiger partial charge < -0.3 is 5.32 Å². The second-order valence-corrected chi connectivity index (χ2v) is 5.60. The Balaban J connectivity index is 2.11. The Morgan fingerprint density at radius 2 is 2.29 bits per heavy atom. The first-order chi connectivity index (χ1) is 10.1. The van der Waals surface area contributed by atoms with E-state index in [1.54, 1.807) is 12.4 Å². The number of aryl methyl sites for hydroxylation is 2. The fourth-order valence-electron chi connectivity index (χ4n) is 1.93. The molecule has 0 saturated carbocycles. The van der Waals surface area contributed by atoms with E-state index in [2.05, 4.69) is 35.1 Å². The van der Waals surface area contributed by atoms with Gasteiger partial charge in [-0.05, 0) is 25.5 Å². The number of carbonyl (C=O) groups excluding carboxylic acids is 1. The van der Waals surface area contributed by atoms with Crippen molar-refractivity contribution < 1.29 is 4.79 Å². The van der Waals surface area contributed by atoms with Gasteiger partial charge in [0, 0.05) is 6.54 Å². The normalized spacial score (nSPS) is 10.4. The molecule has 0 unspecified atom stereocenters. The molecule has 0 fully saturated rings. The van der Waals surface area contributed by atoms with Crippen LogP contribution in [0.4, 0.5) is 0 Å². The molecule has 0 spiro atoms. The van der Waals surface area contributed by atoms with E-state index < -0.39 is 0 Å². The Labute approximate surface area is 128 Å². The zero-order valence-corrected chi connectivity index (χ0v) is 13.0. The van der Waals surface area contributed by atoms with Crippen molar-refractivity contribution in [3.8, 4) is 5.69 Å². The van der Waals surface area contributed by atoms with Gasteiger partial charge in [-0.3, -0.25) is 9.36 Å². The average molecular weight is 302 g/mol. The van der Waals surface area contributed by atoms with Crippen molar-refractivity contribution in [2.24, 2.45) is 0 Å². The van der Waals surface area contributed by atoms with E-state index in [4.69, 9.17) is 0 Å². The highest BCUT2D eigenvalue weighted by Crippen LogP contribution is 2.22. The van der Waals surface area contributed by atoms with Crippen molar-refractivity contribution in [1.29, 1.82) is 0 Å². The molecule has 6 heteroatoms. The average Bonchev–Trinajstić information content (AvgIpc) is 2.91. The van der Waals surface area contributed by atoms with E-state index >= 15 is 0 Å². The van der Waals surface area contributed by atoms with Crippen LogP contribution in [-0.4, -0.2) is 33.0 Å². The first-order valence-corrected chi connectivity index (χ1v) is 7.58. The summed E-state index contributed by atoms with van der Waals surface area (Å²) in [6.45, 7) is 8.15. The van der Waals surface area contributed by atoms with Crippen LogP contribution in [0.15, 0.2) is 42.3 Å². The van der Waals surface area contributed by atoms with Crippen molar-refractivity contribution in [1.82, 2.24) is 20.1 Å². The van der Waals surface area contributed by atoms with Crippen LogP contribution in [0.5, 0.6) is 0 Å².